The van der Waals surface area contributed by atoms with E-state index in [-0.39, 0.29) is 16.9 Å². The van der Waals surface area contributed by atoms with Gasteiger partial charge >= 0.3 is 5.97 Å². The van der Waals surface area contributed by atoms with Crippen molar-refractivity contribution in [3.63, 3.8) is 0 Å². The molecule has 138 valence electrons. The van der Waals surface area contributed by atoms with Gasteiger partial charge in [0.25, 0.3) is 0 Å². The zero-order chi connectivity index (χ0) is 19.5. The van der Waals surface area contributed by atoms with E-state index in [4.69, 9.17) is 9.84 Å². The number of nitrogens with zero attached hydrogens (tertiary/aromatic N) is 1. The summed E-state index contributed by atoms with van der Waals surface area (Å²) in [6.45, 7) is 7.87. The quantitative estimate of drug-likeness (QED) is 0.855. The van der Waals surface area contributed by atoms with Gasteiger partial charge in [0.2, 0.25) is 5.90 Å². The molecule has 2 aromatic carbocycles. The normalized spacial score (nSPS) is 14.8. The third-order valence-electron chi connectivity index (χ3n) is 3.84. The molecule has 1 aliphatic heterocycles. The predicted octanol–water partition coefficient (Wildman–Crippen LogP) is 4.52. The fourth-order valence-corrected chi connectivity index (χ4v) is 2.52. The van der Waals surface area contributed by atoms with E-state index >= 15 is 0 Å². The lowest BCUT2D eigenvalue weighted by Gasteiger charge is -2.07. The molecule has 3 rings (SSSR count). The highest BCUT2D eigenvalue weighted by molar-refractivity contribution is 5.97. The van der Waals surface area contributed by atoms with E-state index in [1.807, 2.05) is 26.8 Å². The first kappa shape index (κ1) is 19.6. The van der Waals surface area contributed by atoms with Gasteiger partial charge in [-0.2, -0.15) is 0 Å². The Morgan fingerprint density at radius 1 is 1.08 bits per heavy atom. The topological polar surface area (TPSA) is 58.9 Å². The lowest BCUT2D eigenvalue weighted by Crippen LogP contribution is -2.17. The summed E-state index contributed by atoms with van der Waals surface area (Å²) < 4.78 is 31.7. The van der Waals surface area contributed by atoms with Gasteiger partial charge in [0.1, 0.15) is 18.2 Å². The molecule has 0 aromatic heterocycles. The van der Waals surface area contributed by atoms with Gasteiger partial charge in [-0.3, -0.25) is 0 Å². The summed E-state index contributed by atoms with van der Waals surface area (Å²) in [6, 6.07) is 9.16. The van der Waals surface area contributed by atoms with Gasteiger partial charge in [-0.05, 0) is 51.0 Å². The van der Waals surface area contributed by atoms with Gasteiger partial charge in [0.15, 0.2) is 0 Å². The maximum Gasteiger partial charge on any atom is 0.338 e. The number of hydrogen-bond acceptors (Lipinski definition) is 3. The molecule has 0 aliphatic carbocycles. The Morgan fingerprint density at radius 2 is 1.65 bits per heavy atom. The Labute approximate surface area is 151 Å². The molecular weight excluding hydrogens is 340 g/mol. The SMILES string of the molecule is Cc1cccc(F)c1C(=O)O.Cc1cccc(F)c1C1=NC(C)(C)CO1. The molecular formula is C20H21F2NO3. The van der Waals surface area contributed by atoms with Crippen LogP contribution in [0.2, 0.25) is 0 Å². The van der Waals surface area contributed by atoms with Gasteiger partial charge in [0.05, 0.1) is 16.7 Å². The second-order valence-corrected chi connectivity index (χ2v) is 6.69. The third-order valence-corrected chi connectivity index (χ3v) is 3.84. The van der Waals surface area contributed by atoms with E-state index in [9.17, 15) is 13.6 Å². The second kappa shape index (κ2) is 7.64. The molecule has 0 saturated heterocycles. The zero-order valence-corrected chi connectivity index (χ0v) is 15.1. The van der Waals surface area contributed by atoms with Crippen LogP contribution in [0, 0.1) is 25.5 Å². The van der Waals surface area contributed by atoms with Crippen molar-refractivity contribution in [2.45, 2.75) is 33.2 Å². The Balaban J connectivity index is 0.000000197. The van der Waals surface area contributed by atoms with Crippen LogP contribution >= 0.6 is 0 Å². The first-order valence-electron chi connectivity index (χ1n) is 8.09. The summed E-state index contributed by atoms with van der Waals surface area (Å²) in [5.41, 5.74) is 1.30. The molecule has 4 nitrogen and oxygen atoms in total. The van der Waals surface area contributed by atoms with Gasteiger partial charge in [-0.25, -0.2) is 18.6 Å². The van der Waals surface area contributed by atoms with Gasteiger partial charge in [0, 0.05) is 0 Å². The van der Waals surface area contributed by atoms with Gasteiger partial charge < -0.3 is 9.84 Å². The van der Waals surface area contributed by atoms with Crippen molar-refractivity contribution in [2.75, 3.05) is 6.61 Å². The highest BCUT2D eigenvalue weighted by Gasteiger charge is 2.29. The minimum Gasteiger partial charge on any atom is -0.478 e. The number of rotatable bonds is 2. The molecule has 0 spiro atoms. The van der Waals surface area contributed by atoms with Crippen molar-refractivity contribution in [1.29, 1.82) is 0 Å². The Kier molecular flexibility index (Phi) is 5.75. The van der Waals surface area contributed by atoms with Crippen molar-refractivity contribution in [3.05, 3.63) is 70.3 Å². The number of carbonyl (C=O) groups is 1. The minimum absolute atomic E-state index is 0.243. The van der Waals surface area contributed by atoms with E-state index in [0.717, 1.165) is 11.6 Å². The molecule has 0 radical (unpaired) electrons. The average Bonchev–Trinajstić information content (AvgIpc) is 2.87. The number of carboxylic acids is 1. The smallest absolute Gasteiger partial charge is 0.338 e. The Morgan fingerprint density at radius 3 is 2.08 bits per heavy atom. The molecule has 0 atom stereocenters. The van der Waals surface area contributed by atoms with E-state index in [2.05, 4.69) is 4.99 Å². The average molecular weight is 361 g/mol. The molecule has 1 aliphatic rings. The van der Waals surface area contributed by atoms with Crippen LogP contribution in [0.15, 0.2) is 41.4 Å². The number of aromatic carboxylic acids is 1. The maximum atomic E-state index is 13.6. The van der Waals surface area contributed by atoms with Gasteiger partial charge in [-0.15, -0.1) is 0 Å². The Hall–Kier alpha value is -2.76. The van der Waals surface area contributed by atoms with Crippen molar-refractivity contribution in [2.24, 2.45) is 4.99 Å². The van der Waals surface area contributed by atoms with Crippen molar-refractivity contribution in [3.8, 4) is 0 Å². The van der Waals surface area contributed by atoms with Crippen molar-refractivity contribution >= 4 is 11.9 Å². The first-order chi connectivity index (χ1) is 12.1. The summed E-state index contributed by atoms with van der Waals surface area (Å²) >= 11 is 0. The summed E-state index contributed by atoms with van der Waals surface area (Å²) in [5, 5.41) is 8.51. The summed E-state index contributed by atoms with van der Waals surface area (Å²) in [5.74, 6) is -1.75. The number of aliphatic imine (C=N–C) groups is 1. The summed E-state index contributed by atoms with van der Waals surface area (Å²) in [4.78, 5) is 14.8. The van der Waals surface area contributed by atoms with Crippen molar-refractivity contribution < 1.29 is 23.4 Å². The minimum atomic E-state index is -1.22. The van der Waals surface area contributed by atoms with Crippen LogP contribution in [-0.2, 0) is 4.74 Å². The Bertz CT molecular complexity index is 820. The predicted molar refractivity (Wildman–Crippen MR) is 95.8 cm³/mol. The highest BCUT2D eigenvalue weighted by atomic mass is 19.1. The largest absolute Gasteiger partial charge is 0.478 e. The fourth-order valence-electron chi connectivity index (χ4n) is 2.52. The van der Waals surface area contributed by atoms with Crippen LogP contribution < -0.4 is 0 Å². The third kappa shape index (κ3) is 4.45. The van der Waals surface area contributed by atoms with E-state index in [0.29, 0.717) is 23.6 Å². The van der Waals surface area contributed by atoms with Crippen molar-refractivity contribution in [1.82, 2.24) is 0 Å². The first-order valence-corrected chi connectivity index (χ1v) is 8.09. The number of benzene rings is 2. The summed E-state index contributed by atoms with van der Waals surface area (Å²) in [6.07, 6.45) is 0. The molecule has 0 unspecified atom stereocenters. The molecule has 0 fully saturated rings. The van der Waals surface area contributed by atoms with Crippen LogP contribution in [0.3, 0.4) is 0 Å². The molecule has 26 heavy (non-hydrogen) atoms. The molecule has 0 saturated carbocycles. The zero-order valence-electron chi connectivity index (χ0n) is 15.1. The molecule has 0 amide bonds. The second-order valence-electron chi connectivity index (χ2n) is 6.69. The molecule has 2 aromatic rings. The lowest BCUT2D eigenvalue weighted by atomic mass is 10.1. The number of aryl methyl sites for hydroxylation is 2. The molecule has 0 bridgehead atoms. The number of ether oxygens (including phenoxy) is 1. The van der Waals surface area contributed by atoms with Crippen LogP contribution in [0.5, 0.6) is 0 Å². The molecule has 1 N–H and O–H groups in total. The fraction of sp³-hybridized carbons (Fsp3) is 0.300. The number of carboxylic acid groups (broad SMARTS) is 1. The summed E-state index contributed by atoms with van der Waals surface area (Å²) in [7, 11) is 0. The molecule has 1 heterocycles. The van der Waals surface area contributed by atoms with Crippen LogP contribution in [0.4, 0.5) is 8.78 Å². The van der Waals surface area contributed by atoms with Crippen LogP contribution in [0.1, 0.15) is 40.9 Å². The van der Waals surface area contributed by atoms with Crippen LogP contribution in [-0.4, -0.2) is 29.1 Å². The van der Waals surface area contributed by atoms with Gasteiger partial charge in [-0.1, -0.05) is 24.3 Å². The maximum absolute atomic E-state index is 13.6. The van der Waals surface area contributed by atoms with E-state index in [1.54, 1.807) is 19.1 Å². The molecule has 6 heteroatoms. The lowest BCUT2D eigenvalue weighted by molar-refractivity contribution is 0.0691. The number of halogens is 2. The standard InChI is InChI=1S/C12H14FNO.C8H7FO2/c1-8-5-4-6-9(13)10(8)11-14-12(2,3)7-15-11;1-5-3-2-4-6(9)7(5)8(10)11/h4-6H,7H2,1-3H3;2-4H,1H3,(H,10,11). The van der Waals surface area contributed by atoms with E-state index in [1.165, 1.54) is 12.1 Å². The highest BCUT2D eigenvalue weighted by Crippen LogP contribution is 2.23. The van der Waals surface area contributed by atoms with E-state index < -0.39 is 11.8 Å². The number of hydrogen-bond donors (Lipinski definition) is 1. The monoisotopic (exact) mass is 361 g/mol. The van der Waals surface area contributed by atoms with Crippen LogP contribution in [0.25, 0.3) is 0 Å².